The second kappa shape index (κ2) is 6.16. The van der Waals surface area contributed by atoms with Crippen LogP contribution in [0.1, 0.15) is 46.1 Å². The molecule has 2 fully saturated rings. The molecule has 2 aliphatic heterocycles. The Morgan fingerprint density at radius 3 is 2.58 bits per heavy atom. The number of carbonyl (C=O) groups is 1. The Morgan fingerprint density at radius 1 is 1.25 bits per heavy atom. The molecule has 4 heterocycles. The molecule has 2 bridgehead atoms. The molecule has 2 aliphatic rings. The first-order valence-electron chi connectivity index (χ1n) is 8.46. The lowest BCUT2D eigenvalue weighted by molar-refractivity contribution is 0.0351. The van der Waals surface area contributed by atoms with Crippen LogP contribution in [0.5, 0.6) is 5.88 Å². The summed E-state index contributed by atoms with van der Waals surface area (Å²) in [5.74, 6) is 0.831. The summed E-state index contributed by atoms with van der Waals surface area (Å²) in [7, 11) is 0. The van der Waals surface area contributed by atoms with Crippen LogP contribution in [0, 0.1) is 13.8 Å². The Hall–Kier alpha value is -1.95. The highest BCUT2D eigenvalue weighted by Crippen LogP contribution is 2.39. The Balaban J connectivity index is 1.49. The maximum atomic E-state index is 13.0. The lowest BCUT2D eigenvalue weighted by Gasteiger charge is -2.38. The number of hydrogen-bond acceptors (Lipinski definition) is 5. The monoisotopic (exact) mass is 343 g/mol. The van der Waals surface area contributed by atoms with Crippen LogP contribution in [-0.4, -0.2) is 39.0 Å². The van der Waals surface area contributed by atoms with Crippen molar-refractivity contribution in [2.75, 3.05) is 0 Å². The molecular formula is C18H21N3O2S. The minimum atomic E-state index is 0.144. The topological polar surface area (TPSA) is 55.3 Å². The molecule has 0 aliphatic carbocycles. The Morgan fingerprint density at radius 2 is 2.00 bits per heavy atom. The third kappa shape index (κ3) is 2.79. The molecule has 0 saturated carbocycles. The molecule has 24 heavy (non-hydrogen) atoms. The number of carbonyl (C=O) groups excluding carboxylic acids is 1. The number of thiazole rings is 1. The zero-order valence-corrected chi connectivity index (χ0v) is 14.8. The van der Waals surface area contributed by atoms with E-state index < -0.39 is 0 Å². The van der Waals surface area contributed by atoms with Gasteiger partial charge in [0.15, 0.2) is 0 Å². The molecule has 2 aromatic heterocycles. The second-order valence-corrected chi connectivity index (χ2v) is 7.83. The highest BCUT2D eigenvalue weighted by Gasteiger charge is 2.45. The van der Waals surface area contributed by atoms with E-state index in [1.165, 1.54) is 11.3 Å². The summed E-state index contributed by atoms with van der Waals surface area (Å²) >= 11 is 1.51. The minimum absolute atomic E-state index is 0.144. The van der Waals surface area contributed by atoms with Crippen LogP contribution < -0.4 is 4.74 Å². The van der Waals surface area contributed by atoms with Gasteiger partial charge in [0.1, 0.15) is 11.0 Å². The van der Waals surface area contributed by atoms with Crippen LogP contribution in [0.15, 0.2) is 24.4 Å². The Kier molecular flexibility index (Phi) is 4.00. The first kappa shape index (κ1) is 15.6. The van der Waals surface area contributed by atoms with E-state index in [0.29, 0.717) is 5.88 Å². The molecule has 2 unspecified atom stereocenters. The van der Waals surface area contributed by atoms with Gasteiger partial charge in [0.25, 0.3) is 5.91 Å². The Labute approximate surface area is 145 Å². The fourth-order valence-electron chi connectivity index (χ4n) is 3.99. The van der Waals surface area contributed by atoms with E-state index in [4.69, 9.17) is 4.74 Å². The van der Waals surface area contributed by atoms with Gasteiger partial charge < -0.3 is 9.64 Å². The van der Waals surface area contributed by atoms with Crippen molar-refractivity contribution in [2.24, 2.45) is 0 Å². The van der Waals surface area contributed by atoms with Crippen molar-refractivity contribution in [1.82, 2.24) is 14.9 Å². The molecule has 4 rings (SSSR count). The fraction of sp³-hybridized carbons (Fsp3) is 0.500. The number of aromatic nitrogens is 2. The summed E-state index contributed by atoms with van der Waals surface area (Å²) < 4.78 is 6.04. The van der Waals surface area contributed by atoms with E-state index >= 15 is 0 Å². The van der Waals surface area contributed by atoms with E-state index in [0.717, 1.165) is 41.3 Å². The third-order valence-electron chi connectivity index (χ3n) is 4.95. The smallest absolute Gasteiger partial charge is 0.266 e. The van der Waals surface area contributed by atoms with Gasteiger partial charge in [-0.15, -0.1) is 11.3 Å². The van der Waals surface area contributed by atoms with Gasteiger partial charge >= 0.3 is 0 Å². The molecule has 1 amide bonds. The maximum absolute atomic E-state index is 13.0. The summed E-state index contributed by atoms with van der Waals surface area (Å²) in [5, 5.41) is 0.955. The van der Waals surface area contributed by atoms with Crippen LogP contribution >= 0.6 is 11.3 Å². The molecule has 0 N–H and O–H groups in total. The average Bonchev–Trinajstić information content (AvgIpc) is 3.04. The van der Waals surface area contributed by atoms with E-state index in [1.54, 1.807) is 6.20 Å². The van der Waals surface area contributed by atoms with Crippen molar-refractivity contribution in [2.45, 2.75) is 57.7 Å². The van der Waals surface area contributed by atoms with Crippen LogP contribution in [-0.2, 0) is 0 Å². The standard InChI is InChI=1S/C18H21N3O2S/c1-11-17(24-12(2)20-11)18(22)21-13-6-7-14(21)10-15(9-13)23-16-5-3-4-8-19-16/h3-5,8,13-15H,6-7,9-10H2,1-2H3. The number of hydrogen-bond donors (Lipinski definition) is 0. The number of nitrogens with zero attached hydrogens (tertiary/aromatic N) is 3. The normalized spacial score (nSPS) is 25.8. The van der Waals surface area contributed by atoms with E-state index in [1.807, 2.05) is 32.0 Å². The number of fused-ring (bicyclic) bond motifs is 2. The lowest BCUT2D eigenvalue weighted by Crippen LogP contribution is -2.49. The molecule has 0 aromatic carbocycles. The number of amides is 1. The first-order valence-corrected chi connectivity index (χ1v) is 9.28. The summed E-state index contributed by atoms with van der Waals surface area (Å²) in [4.78, 5) is 24.6. The van der Waals surface area contributed by atoms with E-state index in [-0.39, 0.29) is 24.1 Å². The SMILES string of the molecule is Cc1nc(C)c(C(=O)N2C3CCC2CC(Oc2ccccn2)C3)s1. The second-order valence-electron chi connectivity index (χ2n) is 6.62. The zero-order chi connectivity index (χ0) is 16.7. The zero-order valence-electron chi connectivity index (χ0n) is 13.9. The van der Waals surface area contributed by atoms with Crippen molar-refractivity contribution in [3.8, 4) is 5.88 Å². The van der Waals surface area contributed by atoms with Crippen molar-refractivity contribution in [1.29, 1.82) is 0 Å². The highest BCUT2D eigenvalue weighted by molar-refractivity contribution is 7.13. The third-order valence-corrected chi connectivity index (χ3v) is 6.01. The first-order chi connectivity index (χ1) is 11.6. The van der Waals surface area contributed by atoms with Gasteiger partial charge in [0.2, 0.25) is 5.88 Å². The van der Waals surface area contributed by atoms with Crippen molar-refractivity contribution in [3.05, 3.63) is 40.0 Å². The lowest BCUT2D eigenvalue weighted by atomic mass is 9.99. The molecule has 126 valence electrons. The minimum Gasteiger partial charge on any atom is -0.474 e. The molecule has 0 spiro atoms. The predicted molar refractivity (Wildman–Crippen MR) is 92.5 cm³/mol. The summed E-state index contributed by atoms with van der Waals surface area (Å²) in [6.07, 6.45) is 5.79. The van der Waals surface area contributed by atoms with Crippen LogP contribution in [0.2, 0.25) is 0 Å². The van der Waals surface area contributed by atoms with Gasteiger partial charge in [0.05, 0.1) is 10.7 Å². The van der Waals surface area contributed by atoms with Gasteiger partial charge in [-0.3, -0.25) is 4.79 Å². The Bertz CT molecular complexity index is 732. The fourth-order valence-corrected chi connectivity index (χ4v) is 4.85. The van der Waals surface area contributed by atoms with Crippen molar-refractivity contribution < 1.29 is 9.53 Å². The van der Waals surface area contributed by atoms with Gasteiger partial charge in [-0.05, 0) is 32.8 Å². The quantitative estimate of drug-likeness (QED) is 0.857. The summed E-state index contributed by atoms with van der Waals surface area (Å²) in [5.41, 5.74) is 0.855. The predicted octanol–water partition coefficient (Wildman–Crippen LogP) is 3.37. The summed E-state index contributed by atoms with van der Waals surface area (Å²) in [6.45, 7) is 3.88. The molecule has 5 nitrogen and oxygen atoms in total. The molecule has 2 atom stereocenters. The van der Waals surface area contributed by atoms with Crippen LogP contribution in [0.3, 0.4) is 0 Å². The molecular weight excluding hydrogens is 322 g/mol. The number of pyridine rings is 1. The van der Waals surface area contributed by atoms with Crippen molar-refractivity contribution in [3.63, 3.8) is 0 Å². The van der Waals surface area contributed by atoms with Gasteiger partial charge in [-0.25, -0.2) is 9.97 Å². The summed E-state index contributed by atoms with van der Waals surface area (Å²) in [6, 6.07) is 6.25. The highest BCUT2D eigenvalue weighted by atomic mass is 32.1. The van der Waals surface area contributed by atoms with Gasteiger partial charge in [0, 0.05) is 37.2 Å². The number of ether oxygens (including phenoxy) is 1. The van der Waals surface area contributed by atoms with Crippen LogP contribution in [0.4, 0.5) is 0 Å². The maximum Gasteiger partial charge on any atom is 0.266 e. The van der Waals surface area contributed by atoms with E-state index in [2.05, 4.69) is 14.9 Å². The van der Waals surface area contributed by atoms with Crippen molar-refractivity contribution >= 4 is 17.2 Å². The van der Waals surface area contributed by atoms with Gasteiger partial charge in [-0.1, -0.05) is 6.07 Å². The number of rotatable bonds is 3. The average molecular weight is 343 g/mol. The number of piperidine rings is 1. The molecule has 0 radical (unpaired) electrons. The largest absolute Gasteiger partial charge is 0.474 e. The van der Waals surface area contributed by atoms with E-state index in [9.17, 15) is 4.79 Å². The molecule has 2 saturated heterocycles. The van der Waals surface area contributed by atoms with Gasteiger partial charge in [-0.2, -0.15) is 0 Å². The molecule has 6 heteroatoms. The van der Waals surface area contributed by atoms with Crippen LogP contribution in [0.25, 0.3) is 0 Å². The molecule has 2 aromatic rings. The number of aryl methyl sites for hydroxylation is 2.